The molecule has 4 N–H and O–H groups in total. The van der Waals surface area contributed by atoms with Gasteiger partial charge in [0, 0.05) is 18.3 Å². The molecule has 0 radical (unpaired) electrons. The summed E-state index contributed by atoms with van der Waals surface area (Å²) in [6.07, 6.45) is 0. The molecule has 154 valence electrons. The number of guanidine groups is 1. The van der Waals surface area contributed by atoms with Gasteiger partial charge in [-0.05, 0) is 41.8 Å². The average molecular weight is 398 g/mol. The summed E-state index contributed by atoms with van der Waals surface area (Å²) in [5, 5.41) is 6.72. The largest absolute Gasteiger partial charge is 0.454 e. The summed E-state index contributed by atoms with van der Waals surface area (Å²) in [7, 11) is 0. The fourth-order valence-electron chi connectivity index (χ4n) is 2.86. The van der Waals surface area contributed by atoms with E-state index in [-0.39, 0.29) is 19.0 Å². The third-order valence-electron chi connectivity index (χ3n) is 4.78. The van der Waals surface area contributed by atoms with E-state index < -0.39 is 0 Å². The molecule has 2 aliphatic heterocycles. The standard InChI is InChI=1S/C21H26N4O4/c1-21(2,10-22)11-24-20(25-15-4-6-17-19(8-15)29-13-27-17)23-9-14-3-5-16-18(7-14)28-12-26-16/h3-8H,9-13,22H2,1-2H3,(H2,23,24,25). The second-order valence-electron chi connectivity index (χ2n) is 7.77. The lowest BCUT2D eigenvalue weighted by atomic mass is 9.94. The monoisotopic (exact) mass is 398 g/mol. The molecular formula is C21H26N4O4. The van der Waals surface area contributed by atoms with Crippen LogP contribution in [0.2, 0.25) is 0 Å². The van der Waals surface area contributed by atoms with Crippen LogP contribution in [0, 0.1) is 5.41 Å². The molecule has 0 saturated carbocycles. The van der Waals surface area contributed by atoms with Gasteiger partial charge in [0.1, 0.15) is 0 Å². The number of fused-ring (bicyclic) bond motifs is 2. The normalized spacial score (nSPS) is 14.8. The van der Waals surface area contributed by atoms with Gasteiger partial charge < -0.3 is 35.3 Å². The van der Waals surface area contributed by atoms with Gasteiger partial charge in [0.05, 0.1) is 6.54 Å². The molecule has 2 aliphatic rings. The molecule has 0 aliphatic carbocycles. The minimum Gasteiger partial charge on any atom is -0.454 e. The molecule has 0 amide bonds. The smallest absolute Gasteiger partial charge is 0.231 e. The zero-order valence-electron chi connectivity index (χ0n) is 16.7. The maximum Gasteiger partial charge on any atom is 0.231 e. The Morgan fingerprint density at radius 2 is 1.62 bits per heavy atom. The first-order valence-corrected chi connectivity index (χ1v) is 9.56. The molecule has 2 aromatic rings. The molecule has 4 rings (SSSR count). The zero-order valence-corrected chi connectivity index (χ0v) is 16.7. The van der Waals surface area contributed by atoms with Gasteiger partial charge in [0.25, 0.3) is 0 Å². The van der Waals surface area contributed by atoms with E-state index in [2.05, 4.69) is 24.5 Å². The summed E-state index contributed by atoms with van der Waals surface area (Å²) in [6.45, 7) is 6.45. The Balaban J connectivity index is 1.50. The van der Waals surface area contributed by atoms with Crippen molar-refractivity contribution >= 4 is 11.6 Å². The molecule has 8 heteroatoms. The Morgan fingerprint density at radius 1 is 0.966 bits per heavy atom. The lowest BCUT2D eigenvalue weighted by Crippen LogP contribution is -2.41. The molecule has 0 atom stereocenters. The number of rotatable bonds is 6. The quantitative estimate of drug-likeness (QED) is 0.508. The van der Waals surface area contributed by atoms with Crippen LogP contribution >= 0.6 is 0 Å². The van der Waals surface area contributed by atoms with Crippen LogP contribution in [0.25, 0.3) is 0 Å². The Kier molecular flexibility index (Phi) is 5.35. The van der Waals surface area contributed by atoms with Crippen LogP contribution in [0.4, 0.5) is 5.69 Å². The van der Waals surface area contributed by atoms with Crippen molar-refractivity contribution in [1.82, 2.24) is 5.32 Å². The van der Waals surface area contributed by atoms with Crippen molar-refractivity contribution in [1.29, 1.82) is 0 Å². The van der Waals surface area contributed by atoms with Crippen molar-refractivity contribution in [2.45, 2.75) is 20.4 Å². The molecule has 0 unspecified atom stereocenters. The number of nitrogens with two attached hydrogens (primary N) is 1. The summed E-state index contributed by atoms with van der Waals surface area (Å²) in [4.78, 5) is 4.73. The van der Waals surface area contributed by atoms with E-state index in [1.54, 1.807) is 0 Å². The van der Waals surface area contributed by atoms with Gasteiger partial charge in [-0.1, -0.05) is 19.9 Å². The topological polar surface area (TPSA) is 99.4 Å². The van der Waals surface area contributed by atoms with E-state index >= 15 is 0 Å². The summed E-state index contributed by atoms with van der Waals surface area (Å²) in [5.41, 5.74) is 7.69. The van der Waals surface area contributed by atoms with Crippen molar-refractivity contribution in [3.8, 4) is 23.0 Å². The Labute approximate surface area is 170 Å². The van der Waals surface area contributed by atoms with Gasteiger partial charge in [-0.25, -0.2) is 4.99 Å². The van der Waals surface area contributed by atoms with Crippen LogP contribution in [-0.4, -0.2) is 32.6 Å². The van der Waals surface area contributed by atoms with Crippen LogP contribution in [0.3, 0.4) is 0 Å². The molecular weight excluding hydrogens is 372 g/mol. The molecule has 2 aromatic carbocycles. The molecule has 2 heterocycles. The van der Waals surface area contributed by atoms with Crippen LogP contribution in [0.5, 0.6) is 23.0 Å². The Bertz CT molecular complexity index is 914. The van der Waals surface area contributed by atoms with Crippen molar-refractivity contribution < 1.29 is 18.9 Å². The first-order chi connectivity index (χ1) is 14.0. The summed E-state index contributed by atoms with van der Waals surface area (Å²) >= 11 is 0. The number of nitrogens with one attached hydrogen (secondary N) is 2. The van der Waals surface area contributed by atoms with Gasteiger partial charge in [-0.15, -0.1) is 0 Å². The number of hydrogen-bond acceptors (Lipinski definition) is 6. The third kappa shape index (κ3) is 4.65. The second kappa shape index (κ2) is 8.08. The minimum atomic E-state index is -0.0594. The van der Waals surface area contributed by atoms with E-state index in [1.165, 1.54) is 0 Å². The highest BCUT2D eigenvalue weighted by atomic mass is 16.7. The van der Waals surface area contributed by atoms with Gasteiger partial charge in [-0.3, -0.25) is 0 Å². The number of hydrogen-bond donors (Lipinski definition) is 3. The fourth-order valence-corrected chi connectivity index (χ4v) is 2.86. The number of benzene rings is 2. The lowest BCUT2D eigenvalue weighted by Gasteiger charge is -2.24. The maximum absolute atomic E-state index is 5.87. The molecule has 0 aromatic heterocycles. The predicted molar refractivity (Wildman–Crippen MR) is 111 cm³/mol. The van der Waals surface area contributed by atoms with Crippen LogP contribution in [-0.2, 0) is 6.54 Å². The third-order valence-corrected chi connectivity index (χ3v) is 4.78. The number of nitrogens with zero attached hydrogens (tertiary/aromatic N) is 1. The van der Waals surface area contributed by atoms with Crippen LogP contribution < -0.4 is 35.3 Å². The summed E-state index contributed by atoms with van der Waals surface area (Å²) in [6, 6.07) is 11.5. The Morgan fingerprint density at radius 3 is 2.34 bits per heavy atom. The van der Waals surface area contributed by atoms with Crippen molar-refractivity contribution in [2.24, 2.45) is 16.1 Å². The molecule has 0 bridgehead atoms. The molecule has 29 heavy (non-hydrogen) atoms. The van der Waals surface area contributed by atoms with Gasteiger partial charge in [0.15, 0.2) is 29.0 Å². The predicted octanol–water partition coefficient (Wildman–Crippen LogP) is 2.69. The number of anilines is 1. The van der Waals surface area contributed by atoms with E-state index in [0.717, 1.165) is 28.5 Å². The molecule has 8 nitrogen and oxygen atoms in total. The Hall–Kier alpha value is -3.13. The summed E-state index contributed by atoms with van der Waals surface area (Å²) < 4.78 is 21.7. The fraction of sp³-hybridized carbons (Fsp3) is 0.381. The van der Waals surface area contributed by atoms with Crippen molar-refractivity contribution in [3.63, 3.8) is 0 Å². The van der Waals surface area contributed by atoms with Crippen molar-refractivity contribution in [3.05, 3.63) is 42.0 Å². The number of ether oxygens (including phenoxy) is 4. The summed E-state index contributed by atoms with van der Waals surface area (Å²) in [5.74, 6) is 3.63. The molecule has 0 spiro atoms. The van der Waals surface area contributed by atoms with Gasteiger partial charge in [0.2, 0.25) is 13.6 Å². The number of aliphatic imine (C=N–C) groups is 1. The minimum absolute atomic E-state index is 0.0594. The highest BCUT2D eigenvalue weighted by Crippen LogP contribution is 2.34. The molecule has 0 saturated heterocycles. The van der Waals surface area contributed by atoms with Crippen LogP contribution in [0.1, 0.15) is 19.4 Å². The van der Waals surface area contributed by atoms with Crippen LogP contribution in [0.15, 0.2) is 41.4 Å². The second-order valence-corrected chi connectivity index (χ2v) is 7.77. The van der Waals surface area contributed by atoms with Crippen molar-refractivity contribution in [2.75, 3.05) is 32.0 Å². The zero-order chi connectivity index (χ0) is 20.3. The first kappa shape index (κ1) is 19.2. The van der Waals surface area contributed by atoms with E-state index in [4.69, 9.17) is 29.7 Å². The van der Waals surface area contributed by atoms with E-state index in [0.29, 0.717) is 31.3 Å². The average Bonchev–Trinajstić information content (AvgIpc) is 3.38. The van der Waals surface area contributed by atoms with E-state index in [1.807, 2.05) is 36.4 Å². The van der Waals surface area contributed by atoms with Gasteiger partial charge in [-0.2, -0.15) is 0 Å². The molecule has 0 fully saturated rings. The first-order valence-electron chi connectivity index (χ1n) is 9.56. The SMILES string of the molecule is CC(C)(CN)CNC(=NCc1ccc2c(c1)OCO2)Nc1ccc2c(c1)OCO2. The highest BCUT2D eigenvalue weighted by Gasteiger charge is 2.18. The van der Waals surface area contributed by atoms with Gasteiger partial charge >= 0.3 is 0 Å². The highest BCUT2D eigenvalue weighted by molar-refractivity contribution is 5.94. The van der Waals surface area contributed by atoms with E-state index in [9.17, 15) is 0 Å². The lowest BCUT2D eigenvalue weighted by molar-refractivity contribution is 0.173. The maximum atomic E-state index is 5.87.